The van der Waals surface area contributed by atoms with Crippen LogP contribution in [-0.4, -0.2) is 24.2 Å². The molecule has 20 heavy (non-hydrogen) atoms. The molecule has 2 rings (SSSR count). The maximum atomic E-state index is 11.7. The Hall–Kier alpha value is -2.43. The van der Waals surface area contributed by atoms with Crippen LogP contribution in [0.4, 0.5) is 5.82 Å². The van der Waals surface area contributed by atoms with E-state index in [0.29, 0.717) is 24.6 Å². The minimum Gasteiger partial charge on any atom is -0.494 e. The highest BCUT2D eigenvalue weighted by Gasteiger charge is 2.15. The highest BCUT2D eigenvalue weighted by Crippen LogP contribution is 2.25. The number of nitrogens with two attached hydrogens (primary N) is 1. The van der Waals surface area contributed by atoms with E-state index in [1.54, 1.807) is 13.0 Å². The lowest BCUT2D eigenvalue weighted by atomic mass is 10.1. The summed E-state index contributed by atoms with van der Waals surface area (Å²) in [5.41, 5.74) is 7.86. The highest BCUT2D eigenvalue weighted by atomic mass is 16.5. The van der Waals surface area contributed by atoms with Crippen LogP contribution < -0.4 is 10.5 Å². The van der Waals surface area contributed by atoms with Crippen LogP contribution in [0.15, 0.2) is 30.3 Å². The molecular formula is C15H18N2O3. The first-order chi connectivity index (χ1) is 9.65. The van der Waals surface area contributed by atoms with Crippen molar-refractivity contribution in [3.63, 3.8) is 0 Å². The lowest BCUT2D eigenvalue weighted by molar-refractivity contribution is 0.0528. The number of rotatable bonds is 5. The van der Waals surface area contributed by atoms with Gasteiger partial charge in [-0.1, -0.05) is 0 Å². The SMILES string of the molecule is CCOC(=O)c1cc(-c2ccc(OCC)cc2)[nH]c1N. The number of carbonyl (C=O) groups excluding carboxylic acids is 1. The summed E-state index contributed by atoms with van der Waals surface area (Å²) in [6.07, 6.45) is 0. The molecule has 1 aromatic heterocycles. The monoisotopic (exact) mass is 274 g/mol. The van der Waals surface area contributed by atoms with Gasteiger partial charge in [0.05, 0.1) is 13.2 Å². The second kappa shape index (κ2) is 6.14. The van der Waals surface area contributed by atoms with Crippen LogP contribution in [0.2, 0.25) is 0 Å². The summed E-state index contributed by atoms with van der Waals surface area (Å²) in [5, 5.41) is 0. The standard InChI is InChI=1S/C15H18N2O3/c1-3-19-11-7-5-10(6-8-11)13-9-12(14(16)17-13)15(18)20-4-2/h5-9,17H,3-4,16H2,1-2H3. The van der Waals surface area contributed by atoms with Gasteiger partial charge in [-0.3, -0.25) is 0 Å². The fourth-order valence-corrected chi connectivity index (χ4v) is 1.90. The van der Waals surface area contributed by atoms with Crippen LogP contribution in [0.5, 0.6) is 5.75 Å². The molecule has 0 saturated carbocycles. The van der Waals surface area contributed by atoms with Gasteiger partial charge in [-0.05, 0) is 49.7 Å². The zero-order valence-electron chi connectivity index (χ0n) is 11.6. The number of benzene rings is 1. The summed E-state index contributed by atoms with van der Waals surface area (Å²) in [7, 11) is 0. The lowest BCUT2D eigenvalue weighted by Gasteiger charge is -2.03. The molecule has 0 spiro atoms. The first-order valence-corrected chi connectivity index (χ1v) is 6.54. The number of ether oxygens (including phenoxy) is 2. The maximum absolute atomic E-state index is 11.7. The third kappa shape index (κ3) is 2.93. The van der Waals surface area contributed by atoms with Crippen LogP contribution in [0, 0.1) is 0 Å². The molecular weight excluding hydrogens is 256 g/mol. The largest absolute Gasteiger partial charge is 0.494 e. The second-order valence-electron chi connectivity index (χ2n) is 4.19. The van der Waals surface area contributed by atoms with Crippen molar-refractivity contribution in [2.24, 2.45) is 0 Å². The first-order valence-electron chi connectivity index (χ1n) is 6.54. The quantitative estimate of drug-likeness (QED) is 0.822. The van der Waals surface area contributed by atoms with Crippen LogP contribution in [-0.2, 0) is 4.74 Å². The van der Waals surface area contributed by atoms with E-state index in [9.17, 15) is 4.79 Å². The lowest BCUT2D eigenvalue weighted by Crippen LogP contribution is -2.05. The number of aromatic amines is 1. The third-order valence-corrected chi connectivity index (χ3v) is 2.82. The van der Waals surface area contributed by atoms with E-state index < -0.39 is 5.97 Å². The predicted octanol–water partition coefficient (Wildman–Crippen LogP) is 2.84. The number of nitrogens with one attached hydrogen (secondary N) is 1. The Morgan fingerprint density at radius 3 is 2.50 bits per heavy atom. The van der Waals surface area contributed by atoms with Crippen molar-refractivity contribution in [1.82, 2.24) is 4.98 Å². The fourth-order valence-electron chi connectivity index (χ4n) is 1.90. The number of hydrogen-bond donors (Lipinski definition) is 2. The van der Waals surface area contributed by atoms with Gasteiger partial charge < -0.3 is 20.2 Å². The van der Waals surface area contributed by atoms with Crippen LogP contribution in [0.3, 0.4) is 0 Å². The van der Waals surface area contributed by atoms with E-state index in [4.69, 9.17) is 15.2 Å². The zero-order chi connectivity index (χ0) is 14.5. The molecule has 0 amide bonds. The van der Waals surface area contributed by atoms with Gasteiger partial charge in [0.25, 0.3) is 0 Å². The van der Waals surface area contributed by atoms with Gasteiger partial charge in [-0.25, -0.2) is 4.79 Å². The third-order valence-electron chi connectivity index (χ3n) is 2.82. The Morgan fingerprint density at radius 1 is 1.20 bits per heavy atom. The van der Waals surface area contributed by atoms with Gasteiger partial charge in [0, 0.05) is 5.69 Å². The van der Waals surface area contributed by atoms with E-state index in [-0.39, 0.29) is 0 Å². The molecule has 2 aromatic rings. The molecule has 0 aliphatic carbocycles. The molecule has 0 aliphatic heterocycles. The van der Waals surface area contributed by atoms with Crippen molar-refractivity contribution in [3.05, 3.63) is 35.9 Å². The van der Waals surface area contributed by atoms with Crippen molar-refractivity contribution < 1.29 is 14.3 Å². The normalized spacial score (nSPS) is 10.3. The number of H-pyrrole nitrogens is 1. The van der Waals surface area contributed by atoms with E-state index in [1.807, 2.05) is 31.2 Å². The average molecular weight is 274 g/mol. The van der Waals surface area contributed by atoms with E-state index in [1.165, 1.54) is 0 Å². The Labute approximate surface area is 117 Å². The Balaban J connectivity index is 2.25. The molecule has 0 saturated heterocycles. The topological polar surface area (TPSA) is 77.3 Å². The smallest absolute Gasteiger partial charge is 0.341 e. The first kappa shape index (κ1) is 14.0. The van der Waals surface area contributed by atoms with E-state index in [2.05, 4.69) is 4.98 Å². The van der Waals surface area contributed by atoms with E-state index in [0.717, 1.165) is 17.0 Å². The predicted molar refractivity (Wildman–Crippen MR) is 77.8 cm³/mol. The van der Waals surface area contributed by atoms with Crippen molar-refractivity contribution >= 4 is 11.8 Å². The summed E-state index contributed by atoms with van der Waals surface area (Å²) in [6.45, 7) is 4.64. The molecule has 0 bridgehead atoms. The van der Waals surface area contributed by atoms with Crippen molar-refractivity contribution in [2.45, 2.75) is 13.8 Å². The number of carbonyl (C=O) groups is 1. The summed E-state index contributed by atoms with van der Waals surface area (Å²) in [5.74, 6) is 0.701. The summed E-state index contributed by atoms with van der Waals surface area (Å²) < 4.78 is 10.3. The van der Waals surface area contributed by atoms with Gasteiger partial charge >= 0.3 is 5.97 Å². The van der Waals surface area contributed by atoms with Crippen molar-refractivity contribution in [3.8, 4) is 17.0 Å². The van der Waals surface area contributed by atoms with Crippen LogP contribution >= 0.6 is 0 Å². The molecule has 5 nitrogen and oxygen atoms in total. The molecule has 106 valence electrons. The fraction of sp³-hybridized carbons (Fsp3) is 0.267. The van der Waals surface area contributed by atoms with Gasteiger partial charge in [0.1, 0.15) is 17.1 Å². The van der Waals surface area contributed by atoms with Crippen molar-refractivity contribution in [1.29, 1.82) is 0 Å². The molecule has 0 unspecified atom stereocenters. The summed E-state index contributed by atoms with van der Waals surface area (Å²) in [4.78, 5) is 14.7. The second-order valence-corrected chi connectivity index (χ2v) is 4.19. The summed E-state index contributed by atoms with van der Waals surface area (Å²) >= 11 is 0. The van der Waals surface area contributed by atoms with Gasteiger partial charge in [-0.2, -0.15) is 0 Å². The Kier molecular flexibility index (Phi) is 4.30. The molecule has 1 aromatic carbocycles. The van der Waals surface area contributed by atoms with Crippen molar-refractivity contribution in [2.75, 3.05) is 18.9 Å². The number of esters is 1. The Bertz CT molecular complexity index is 588. The number of hydrogen-bond acceptors (Lipinski definition) is 4. The number of anilines is 1. The molecule has 0 atom stereocenters. The summed E-state index contributed by atoms with van der Waals surface area (Å²) in [6, 6.07) is 9.26. The minimum absolute atomic E-state index is 0.312. The number of nitrogen functional groups attached to an aromatic ring is 1. The van der Waals surface area contributed by atoms with E-state index >= 15 is 0 Å². The molecule has 0 radical (unpaired) electrons. The zero-order valence-corrected chi connectivity index (χ0v) is 11.6. The Morgan fingerprint density at radius 2 is 1.90 bits per heavy atom. The minimum atomic E-state index is -0.418. The van der Waals surface area contributed by atoms with Crippen LogP contribution in [0.25, 0.3) is 11.3 Å². The molecule has 0 aliphatic rings. The maximum Gasteiger partial charge on any atom is 0.341 e. The van der Waals surface area contributed by atoms with Gasteiger partial charge in [0.2, 0.25) is 0 Å². The van der Waals surface area contributed by atoms with Gasteiger partial charge in [0.15, 0.2) is 0 Å². The average Bonchev–Trinajstić information content (AvgIpc) is 2.82. The highest BCUT2D eigenvalue weighted by molar-refractivity contribution is 5.96. The molecule has 5 heteroatoms. The number of aromatic nitrogens is 1. The molecule has 3 N–H and O–H groups in total. The molecule has 1 heterocycles. The van der Waals surface area contributed by atoms with Crippen LogP contribution in [0.1, 0.15) is 24.2 Å². The molecule has 0 fully saturated rings. The van der Waals surface area contributed by atoms with Gasteiger partial charge in [-0.15, -0.1) is 0 Å².